The summed E-state index contributed by atoms with van der Waals surface area (Å²) in [6.07, 6.45) is 0.904. The number of benzene rings is 2. The van der Waals surface area contributed by atoms with Crippen molar-refractivity contribution in [2.45, 2.75) is 22.6 Å². The number of anilines is 1. The highest BCUT2D eigenvalue weighted by Gasteiger charge is 2.69. The maximum absolute atomic E-state index is 13.6. The smallest absolute Gasteiger partial charge is 0.305 e. The van der Waals surface area contributed by atoms with Crippen LogP contribution < -0.4 is 9.77 Å². The largest absolute Gasteiger partial charge is 0.307 e. The van der Waals surface area contributed by atoms with Gasteiger partial charge in [-0.3, -0.25) is 19.3 Å². The fourth-order valence-electron chi connectivity index (χ4n) is 6.92. The molecule has 4 aliphatic rings. The summed E-state index contributed by atoms with van der Waals surface area (Å²) in [6, 6.07) is 17.6. The fraction of sp³-hybridized carbons (Fsp3) is 0.320. The molecule has 2 aromatic carbocycles. The lowest BCUT2D eigenvalue weighted by molar-refractivity contribution is -0.123. The zero-order chi connectivity index (χ0) is 22.4. The van der Waals surface area contributed by atoms with Gasteiger partial charge < -0.3 is 4.98 Å². The highest BCUT2D eigenvalue weighted by molar-refractivity contribution is 9.10. The van der Waals surface area contributed by atoms with E-state index in [-0.39, 0.29) is 57.4 Å². The first kappa shape index (κ1) is 20.2. The number of nitrogens with one attached hydrogen (secondary N) is 1. The van der Waals surface area contributed by atoms with Crippen molar-refractivity contribution in [1.82, 2.24) is 4.98 Å². The van der Waals surface area contributed by atoms with E-state index in [1.54, 1.807) is 11.8 Å². The average molecular weight is 539 g/mol. The van der Waals surface area contributed by atoms with Crippen LogP contribution in [0.15, 0.2) is 68.9 Å². The van der Waals surface area contributed by atoms with Crippen molar-refractivity contribution in [3.05, 3.63) is 79.2 Å². The molecular weight excluding hydrogens is 520 g/mol. The van der Waals surface area contributed by atoms with Crippen LogP contribution in [0.4, 0.5) is 5.69 Å². The lowest BCUT2D eigenvalue weighted by Crippen LogP contribution is -2.42. The molecule has 2 aliphatic heterocycles. The monoisotopic (exact) mass is 538 g/mol. The molecule has 1 N–H and O–H groups in total. The Balaban J connectivity index is 1.35. The molecule has 0 radical (unpaired) electrons. The number of para-hydroxylation sites is 1. The minimum Gasteiger partial charge on any atom is -0.307 e. The number of imide groups is 1. The standard InChI is InChI=1S/C25H19BrN2O3S2/c26-12-6-4-5-11(9-12)16-17-14-10-15(20(17)32-22-21(16)33-25(31)27-22)19-18(14)23(29)28(24(19)30)13-7-2-1-3-8-13/h1-9,14-20H,10H2,(H,27,31)/t14-,15-,16?,17?,18?,19?,20?/m1/s1. The van der Waals surface area contributed by atoms with Crippen molar-refractivity contribution in [2.75, 3.05) is 4.90 Å². The molecule has 7 atom stereocenters. The lowest BCUT2D eigenvalue weighted by atomic mass is 9.68. The maximum atomic E-state index is 13.6. The summed E-state index contributed by atoms with van der Waals surface area (Å²) < 4.78 is 1.00. The Morgan fingerprint density at radius 2 is 1.70 bits per heavy atom. The van der Waals surface area contributed by atoms with Crippen molar-refractivity contribution in [2.24, 2.45) is 29.6 Å². The summed E-state index contributed by atoms with van der Waals surface area (Å²) in [5.41, 5.74) is 1.83. The third kappa shape index (κ3) is 2.74. The molecule has 2 saturated carbocycles. The van der Waals surface area contributed by atoms with Crippen LogP contribution in [-0.4, -0.2) is 22.0 Å². The zero-order valence-corrected chi connectivity index (χ0v) is 20.5. The van der Waals surface area contributed by atoms with Gasteiger partial charge in [0.2, 0.25) is 11.8 Å². The molecule has 1 aromatic heterocycles. The number of H-pyrrole nitrogens is 1. The lowest BCUT2D eigenvalue weighted by Gasteiger charge is -2.43. The van der Waals surface area contributed by atoms with Crippen molar-refractivity contribution in [1.29, 1.82) is 0 Å². The van der Waals surface area contributed by atoms with E-state index in [1.807, 2.05) is 42.5 Å². The van der Waals surface area contributed by atoms with Crippen LogP contribution in [0.25, 0.3) is 0 Å². The molecule has 33 heavy (non-hydrogen) atoms. The van der Waals surface area contributed by atoms with Crippen molar-refractivity contribution < 1.29 is 9.59 Å². The number of thiazole rings is 1. The molecule has 0 spiro atoms. The second-order valence-corrected chi connectivity index (χ2v) is 12.5. The normalized spacial score (nSPS) is 33.8. The molecule has 2 aliphatic carbocycles. The maximum Gasteiger partial charge on any atom is 0.305 e. The van der Waals surface area contributed by atoms with Crippen LogP contribution in [0, 0.1) is 29.6 Å². The Bertz CT molecular complexity index is 1370. The second-order valence-electron chi connectivity index (χ2n) is 9.36. The average Bonchev–Trinajstić information content (AvgIpc) is 3.53. The molecule has 3 heterocycles. The molecule has 2 bridgehead atoms. The summed E-state index contributed by atoms with van der Waals surface area (Å²) >= 11 is 6.62. The number of aromatic nitrogens is 1. The first-order valence-corrected chi connectivity index (χ1v) is 13.6. The number of aromatic amines is 1. The topological polar surface area (TPSA) is 70.2 Å². The van der Waals surface area contributed by atoms with Crippen LogP contribution in [0.2, 0.25) is 0 Å². The molecule has 2 amide bonds. The SMILES string of the molecule is O=C1C2C(C(=O)N1c1ccccc1)[C@@H]1C[C@H]2C2Sc3[nH]c(=O)sc3C(c3cccc(Br)c3)C21. The number of thioether (sulfide) groups is 1. The minimum absolute atomic E-state index is 0.0394. The van der Waals surface area contributed by atoms with Crippen molar-refractivity contribution >= 4 is 56.5 Å². The Hall–Kier alpha value is -2.16. The fourth-order valence-corrected chi connectivity index (χ4v) is 10.2. The minimum atomic E-state index is -0.267. The zero-order valence-electron chi connectivity index (χ0n) is 17.3. The molecule has 5 unspecified atom stereocenters. The van der Waals surface area contributed by atoms with Gasteiger partial charge in [0.25, 0.3) is 0 Å². The van der Waals surface area contributed by atoms with Gasteiger partial charge in [-0.2, -0.15) is 0 Å². The van der Waals surface area contributed by atoms with Gasteiger partial charge in [-0.1, -0.05) is 57.6 Å². The molecule has 3 aromatic rings. The van der Waals surface area contributed by atoms with Crippen LogP contribution in [-0.2, 0) is 9.59 Å². The van der Waals surface area contributed by atoms with Gasteiger partial charge in [-0.05, 0) is 54.0 Å². The number of carbonyl (C=O) groups excluding carboxylic acids is 2. The van der Waals surface area contributed by atoms with Gasteiger partial charge in [-0.25, -0.2) is 0 Å². The number of halogens is 1. The van der Waals surface area contributed by atoms with E-state index >= 15 is 0 Å². The first-order chi connectivity index (χ1) is 16.0. The predicted octanol–water partition coefficient (Wildman–Crippen LogP) is 4.88. The Labute approximate surface area is 206 Å². The van der Waals surface area contributed by atoms with E-state index in [4.69, 9.17) is 0 Å². The Kier molecular flexibility index (Phi) is 4.40. The third-order valence-corrected chi connectivity index (χ3v) is 11.0. The second kappa shape index (κ2) is 7.17. The number of nitrogens with zero attached hydrogens (tertiary/aromatic N) is 1. The summed E-state index contributed by atoms with van der Waals surface area (Å²) in [5, 5.41) is 1.16. The molecule has 166 valence electrons. The number of hydrogen-bond donors (Lipinski definition) is 1. The van der Waals surface area contributed by atoms with Crippen LogP contribution >= 0.6 is 39.0 Å². The number of fused-ring (bicyclic) bond motifs is 9. The van der Waals surface area contributed by atoms with Crippen LogP contribution in [0.5, 0.6) is 0 Å². The van der Waals surface area contributed by atoms with Crippen molar-refractivity contribution in [3.8, 4) is 0 Å². The summed E-state index contributed by atoms with van der Waals surface area (Å²) in [5.74, 6) is -0.0647. The Morgan fingerprint density at radius 1 is 0.939 bits per heavy atom. The van der Waals surface area contributed by atoms with Gasteiger partial charge in [-0.15, -0.1) is 11.8 Å². The number of carbonyl (C=O) groups is 2. The van der Waals surface area contributed by atoms with Crippen LogP contribution in [0.3, 0.4) is 0 Å². The number of rotatable bonds is 2. The quantitative estimate of drug-likeness (QED) is 0.472. The van der Waals surface area contributed by atoms with E-state index in [1.165, 1.54) is 16.2 Å². The van der Waals surface area contributed by atoms with E-state index < -0.39 is 0 Å². The molecule has 8 heteroatoms. The van der Waals surface area contributed by atoms with Gasteiger partial charge in [0.1, 0.15) is 0 Å². The number of hydrogen-bond acceptors (Lipinski definition) is 5. The van der Waals surface area contributed by atoms with E-state index in [2.05, 4.69) is 33.0 Å². The van der Waals surface area contributed by atoms with Gasteiger partial charge >= 0.3 is 4.87 Å². The molecule has 5 nitrogen and oxygen atoms in total. The van der Waals surface area contributed by atoms with Crippen molar-refractivity contribution in [3.63, 3.8) is 0 Å². The van der Waals surface area contributed by atoms with Crippen LogP contribution in [0.1, 0.15) is 22.8 Å². The molecule has 3 fully saturated rings. The molecule has 7 rings (SSSR count). The van der Waals surface area contributed by atoms with E-state index in [9.17, 15) is 14.4 Å². The summed E-state index contributed by atoms with van der Waals surface area (Å²) in [6.45, 7) is 0. The highest BCUT2D eigenvalue weighted by atomic mass is 79.9. The highest BCUT2D eigenvalue weighted by Crippen LogP contribution is 2.68. The predicted molar refractivity (Wildman–Crippen MR) is 132 cm³/mol. The third-order valence-electron chi connectivity index (χ3n) is 7.95. The van der Waals surface area contributed by atoms with E-state index in [0.29, 0.717) is 5.69 Å². The summed E-state index contributed by atoms with van der Waals surface area (Å²) in [7, 11) is 0. The Morgan fingerprint density at radius 3 is 2.45 bits per heavy atom. The first-order valence-electron chi connectivity index (χ1n) is 11.1. The number of amides is 2. The van der Waals surface area contributed by atoms with Gasteiger partial charge in [0.05, 0.1) is 22.5 Å². The summed E-state index contributed by atoms with van der Waals surface area (Å²) in [4.78, 5) is 45.0. The molecule has 1 saturated heterocycles. The van der Waals surface area contributed by atoms with Gasteiger partial charge in [0, 0.05) is 20.5 Å². The van der Waals surface area contributed by atoms with Gasteiger partial charge in [0.15, 0.2) is 0 Å². The molecular formula is C25H19BrN2O3S2. The van der Waals surface area contributed by atoms with E-state index in [0.717, 1.165) is 26.4 Å².